The highest BCUT2D eigenvalue weighted by atomic mass is 16.5. The number of carbonyl (C=O) groups is 1. The number of benzene rings is 2. The Balaban J connectivity index is 1.52. The lowest BCUT2D eigenvalue weighted by atomic mass is 10.2. The molecule has 27 heavy (non-hydrogen) atoms. The van der Waals surface area contributed by atoms with Crippen molar-refractivity contribution in [2.75, 3.05) is 50.6 Å². The number of amides is 1. The second-order valence-electron chi connectivity index (χ2n) is 6.61. The Morgan fingerprint density at radius 2 is 1.41 bits per heavy atom. The third-order valence-corrected chi connectivity index (χ3v) is 5.04. The molecular formula is C21H27N3O3. The number of methoxy groups -OCH3 is 2. The molecule has 2 aromatic carbocycles. The van der Waals surface area contributed by atoms with Gasteiger partial charge in [0.1, 0.15) is 11.5 Å². The van der Waals surface area contributed by atoms with Crippen LogP contribution in [0.4, 0.5) is 11.4 Å². The number of nitrogens with zero attached hydrogens (tertiary/aromatic N) is 2. The maximum absolute atomic E-state index is 12.6. The summed E-state index contributed by atoms with van der Waals surface area (Å²) in [5.41, 5.74) is 1.97. The van der Waals surface area contributed by atoms with E-state index >= 15 is 0 Å². The second kappa shape index (κ2) is 8.77. The van der Waals surface area contributed by atoms with Crippen molar-refractivity contribution in [2.45, 2.75) is 13.0 Å². The highest BCUT2D eigenvalue weighted by Crippen LogP contribution is 2.21. The maximum atomic E-state index is 12.6. The first-order valence-electron chi connectivity index (χ1n) is 9.18. The van der Waals surface area contributed by atoms with Gasteiger partial charge in [-0.25, -0.2) is 0 Å². The van der Waals surface area contributed by atoms with Crippen molar-refractivity contribution in [1.82, 2.24) is 4.90 Å². The fourth-order valence-electron chi connectivity index (χ4n) is 3.25. The molecule has 1 aliphatic rings. The molecule has 6 heteroatoms. The van der Waals surface area contributed by atoms with E-state index in [0.29, 0.717) is 0 Å². The molecule has 1 N–H and O–H groups in total. The molecule has 0 aromatic heterocycles. The van der Waals surface area contributed by atoms with Crippen LogP contribution in [0.5, 0.6) is 11.5 Å². The van der Waals surface area contributed by atoms with Crippen LogP contribution in [-0.4, -0.2) is 57.2 Å². The molecule has 1 atom stereocenters. The quantitative estimate of drug-likeness (QED) is 0.849. The van der Waals surface area contributed by atoms with E-state index in [9.17, 15) is 4.79 Å². The molecule has 0 aliphatic carbocycles. The van der Waals surface area contributed by atoms with Crippen LogP contribution >= 0.6 is 0 Å². The third-order valence-electron chi connectivity index (χ3n) is 5.04. The van der Waals surface area contributed by atoms with Gasteiger partial charge >= 0.3 is 0 Å². The molecule has 1 amide bonds. The molecule has 1 heterocycles. The van der Waals surface area contributed by atoms with Gasteiger partial charge in [0.2, 0.25) is 5.91 Å². The number of rotatable bonds is 6. The van der Waals surface area contributed by atoms with Gasteiger partial charge in [-0.1, -0.05) is 0 Å². The van der Waals surface area contributed by atoms with Crippen LogP contribution in [0, 0.1) is 0 Å². The Morgan fingerprint density at radius 1 is 0.889 bits per heavy atom. The van der Waals surface area contributed by atoms with Gasteiger partial charge in [-0.3, -0.25) is 9.69 Å². The topological polar surface area (TPSA) is 54.0 Å². The molecule has 0 radical (unpaired) electrons. The summed E-state index contributed by atoms with van der Waals surface area (Å²) in [7, 11) is 3.30. The predicted molar refractivity (Wildman–Crippen MR) is 108 cm³/mol. The molecule has 2 aromatic rings. The van der Waals surface area contributed by atoms with Crippen LogP contribution in [-0.2, 0) is 4.79 Å². The zero-order chi connectivity index (χ0) is 19.2. The number of anilines is 2. The van der Waals surface area contributed by atoms with Gasteiger partial charge in [0, 0.05) is 37.6 Å². The van der Waals surface area contributed by atoms with Crippen molar-refractivity contribution in [1.29, 1.82) is 0 Å². The Morgan fingerprint density at radius 3 is 1.93 bits per heavy atom. The monoisotopic (exact) mass is 369 g/mol. The Hall–Kier alpha value is -2.73. The lowest BCUT2D eigenvalue weighted by molar-refractivity contribution is -0.120. The highest BCUT2D eigenvalue weighted by Gasteiger charge is 2.25. The Labute approximate surface area is 160 Å². The summed E-state index contributed by atoms with van der Waals surface area (Å²) < 4.78 is 10.4. The number of hydrogen-bond donors (Lipinski definition) is 1. The summed E-state index contributed by atoms with van der Waals surface area (Å²) in [6.07, 6.45) is 0. The maximum Gasteiger partial charge on any atom is 0.241 e. The largest absolute Gasteiger partial charge is 0.497 e. The predicted octanol–water partition coefficient (Wildman–Crippen LogP) is 2.85. The fourth-order valence-corrected chi connectivity index (χ4v) is 3.25. The molecule has 0 bridgehead atoms. The first-order chi connectivity index (χ1) is 13.1. The van der Waals surface area contributed by atoms with E-state index in [1.807, 2.05) is 43.3 Å². The van der Waals surface area contributed by atoms with Gasteiger partial charge in [-0.05, 0) is 55.5 Å². The summed E-state index contributed by atoms with van der Waals surface area (Å²) in [5, 5.41) is 2.98. The van der Waals surface area contributed by atoms with E-state index in [2.05, 4.69) is 27.2 Å². The third kappa shape index (κ3) is 4.71. The SMILES string of the molecule is COc1ccc(NC(=O)[C@@H](C)N2CCN(c3ccc(OC)cc3)CC2)cc1. The summed E-state index contributed by atoms with van der Waals surface area (Å²) in [5.74, 6) is 1.65. The van der Waals surface area contributed by atoms with E-state index in [1.165, 1.54) is 5.69 Å². The van der Waals surface area contributed by atoms with E-state index in [4.69, 9.17) is 9.47 Å². The van der Waals surface area contributed by atoms with Crippen LogP contribution < -0.4 is 19.7 Å². The van der Waals surface area contributed by atoms with E-state index < -0.39 is 0 Å². The number of piperazine rings is 1. The average Bonchev–Trinajstić information content (AvgIpc) is 2.74. The zero-order valence-corrected chi connectivity index (χ0v) is 16.1. The van der Waals surface area contributed by atoms with Crippen molar-refractivity contribution in [3.63, 3.8) is 0 Å². The summed E-state index contributed by atoms with van der Waals surface area (Å²) in [4.78, 5) is 17.1. The van der Waals surface area contributed by atoms with Crippen LogP contribution in [0.1, 0.15) is 6.92 Å². The van der Waals surface area contributed by atoms with Crippen molar-refractivity contribution in [2.24, 2.45) is 0 Å². The number of ether oxygens (including phenoxy) is 2. The zero-order valence-electron chi connectivity index (χ0n) is 16.1. The minimum absolute atomic E-state index is 0.0121. The van der Waals surface area contributed by atoms with Gasteiger partial charge in [0.05, 0.1) is 20.3 Å². The molecule has 6 nitrogen and oxygen atoms in total. The van der Waals surface area contributed by atoms with Gasteiger partial charge < -0.3 is 19.7 Å². The second-order valence-corrected chi connectivity index (χ2v) is 6.61. The van der Waals surface area contributed by atoms with Crippen molar-refractivity contribution < 1.29 is 14.3 Å². The van der Waals surface area contributed by atoms with E-state index in [1.54, 1.807) is 14.2 Å². The molecule has 144 valence electrons. The van der Waals surface area contributed by atoms with Crippen LogP contribution in [0.2, 0.25) is 0 Å². The average molecular weight is 369 g/mol. The number of nitrogens with one attached hydrogen (secondary N) is 1. The van der Waals surface area contributed by atoms with Gasteiger partial charge in [0.25, 0.3) is 0 Å². The first kappa shape index (κ1) is 19.0. The molecule has 1 saturated heterocycles. The van der Waals surface area contributed by atoms with Crippen molar-refractivity contribution in [3.05, 3.63) is 48.5 Å². The van der Waals surface area contributed by atoms with Gasteiger partial charge in [0.15, 0.2) is 0 Å². The molecule has 1 fully saturated rings. The van der Waals surface area contributed by atoms with Gasteiger partial charge in [-0.15, -0.1) is 0 Å². The molecular weight excluding hydrogens is 342 g/mol. The van der Waals surface area contributed by atoms with Crippen LogP contribution in [0.3, 0.4) is 0 Å². The molecule has 3 rings (SSSR count). The smallest absolute Gasteiger partial charge is 0.241 e. The summed E-state index contributed by atoms with van der Waals surface area (Å²) >= 11 is 0. The minimum atomic E-state index is -0.176. The van der Waals surface area contributed by atoms with E-state index in [0.717, 1.165) is 43.4 Å². The normalized spacial score (nSPS) is 15.9. The number of hydrogen-bond acceptors (Lipinski definition) is 5. The standard InChI is InChI=1S/C21H27N3O3/c1-16(21(25)22-17-4-8-19(26-2)9-5-17)23-12-14-24(15-13-23)18-6-10-20(27-3)11-7-18/h4-11,16H,12-15H2,1-3H3,(H,22,25)/t16-/m1/s1. The fraction of sp³-hybridized carbons (Fsp3) is 0.381. The molecule has 1 aliphatic heterocycles. The minimum Gasteiger partial charge on any atom is -0.497 e. The highest BCUT2D eigenvalue weighted by molar-refractivity contribution is 5.94. The first-order valence-corrected chi connectivity index (χ1v) is 9.18. The molecule has 0 saturated carbocycles. The lowest BCUT2D eigenvalue weighted by Gasteiger charge is -2.38. The Bertz CT molecular complexity index is 738. The lowest BCUT2D eigenvalue weighted by Crippen LogP contribution is -2.52. The number of carbonyl (C=O) groups excluding carboxylic acids is 1. The Kier molecular flexibility index (Phi) is 6.19. The summed E-state index contributed by atoms with van der Waals surface area (Å²) in [6.45, 7) is 5.45. The molecule has 0 spiro atoms. The van der Waals surface area contributed by atoms with Crippen LogP contribution in [0.15, 0.2) is 48.5 Å². The van der Waals surface area contributed by atoms with Crippen molar-refractivity contribution >= 4 is 17.3 Å². The van der Waals surface area contributed by atoms with Crippen LogP contribution in [0.25, 0.3) is 0 Å². The van der Waals surface area contributed by atoms with Crippen molar-refractivity contribution in [3.8, 4) is 11.5 Å². The van der Waals surface area contributed by atoms with Gasteiger partial charge in [-0.2, -0.15) is 0 Å². The molecule has 0 unspecified atom stereocenters. The van der Waals surface area contributed by atoms with E-state index in [-0.39, 0.29) is 11.9 Å². The summed E-state index contributed by atoms with van der Waals surface area (Å²) in [6, 6.07) is 15.3.